The van der Waals surface area contributed by atoms with Gasteiger partial charge < -0.3 is 9.64 Å². The van der Waals surface area contributed by atoms with Crippen LogP contribution in [0.1, 0.15) is 32.6 Å². The molecule has 2 nitrogen and oxygen atoms in total. The molecule has 0 aliphatic carbocycles. The van der Waals surface area contributed by atoms with Gasteiger partial charge in [-0.2, -0.15) is 0 Å². The topological polar surface area (TPSA) is 12.5 Å². The molecule has 0 atom stereocenters. The van der Waals surface area contributed by atoms with Crippen LogP contribution in [0, 0.1) is 0 Å². The highest BCUT2D eigenvalue weighted by Gasteiger charge is 1.97. The fraction of sp³-hybridized carbons (Fsp3) is 1.00. The summed E-state index contributed by atoms with van der Waals surface area (Å²) < 4.78 is 5.43. The highest BCUT2D eigenvalue weighted by atomic mass is 79.9. The monoisotopic (exact) mass is 265 g/mol. The van der Waals surface area contributed by atoms with Crippen LogP contribution in [0.15, 0.2) is 0 Å². The van der Waals surface area contributed by atoms with E-state index in [2.05, 4.69) is 34.8 Å². The molecule has 0 saturated carbocycles. The molecule has 0 aromatic heterocycles. The van der Waals surface area contributed by atoms with Crippen LogP contribution in [0.25, 0.3) is 0 Å². The lowest BCUT2D eigenvalue weighted by Gasteiger charge is -2.16. The molecule has 0 aliphatic heterocycles. The summed E-state index contributed by atoms with van der Waals surface area (Å²) in [5.41, 5.74) is 0. The van der Waals surface area contributed by atoms with Crippen LogP contribution < -0.4 is 0 Å². The number of alkyl halides is 1. The Morgan fingerprint density at radius 1 is 1.07 bits per heavy atom. The summed E-state index contributed by atoms with van der Waals surface area (Å²) >= 11 is 3.44. The first-order chi connectivity index (χ1) is 6.81. The lowest BCUT2D eigenvalue weighted by atomic mass is 10.2. The van der Waals surface area contributed by atoms with Crippen LogP contribution in [0.5, 0.6) is 0 Å². The van der Waals surface area contributed by atoms with E-state index in [1.165, 1.54) is 25.8 Å². The van der Waals surface area contributed by atoms with Gasteiger partial charge in [0, 0.05) is 18.5 Å². The van der Waals surface area contributed by atoms with E-state index in [1.54, 1.807) is 0 Å². The van der Waals surface area contributed by atoms with E-state index in [0.717, 1.165) is 31.5 Å². The second-order valence-corrected chi connectivity index (χ2v) is 4.46. The molecule has 0 amide bonds. The first kappa shape index (κ1) is 14.4. The van der Waals surface area contributed by atoms with Crippen LogP contribution in [-0.4, -0.2) is 43.6 Å². The lowest BCUT2D eigenvalue weighted by molar-refractivity contribution is 0.111. The standard InChI is InChI=1S/C11H24BrNO/c1-3-10-14-11-9-13(2)8-6-4-5-7-12/h3-11H2,1-2H3. The zero-order chi connectivity index (χ0) is 10.6. The fourth-order valence-corrected chi connectivity index (χ4v) is 1.63. The zero-order valence-electron chi connectivity index (χ0n) is 9.60. The fourth-order valence-electron chi connectivity index (χ4n) is 1.23. The van der Waals surface area contributed by atoms with Gasteiger partial charge in [-0.1, -0.05) is 29.3 Å². The van der Waals surface area contributed by atoms with Gasteiger partial charge in [-0.3, -0.25) is 0 Å². The Labute approximate surface area is 97.1 Å². The van der Waals surface area contributed by atoms with Crippen molar-refractivity contribution in [2.45, 2.75) is 32.6 Å². The van der Waals surface area contributed by atoms with Gasteiger partial charge in [0.25, 0.3) is 0 Å². The number of likely N-dealkylation sites (N-methyl/N-ethyl adjacent to an activating group) is 1. The molecule has 0 saturated heterocycles. The first-order valence-corrected chi connectivity index (χ1v) is 6.75. The molecule has 0 aromatic carbocycles. The van der Waals surface area contributed by atoms with E-state index in [9.17, 15) is 0 Å². The summed E-state index contributed by atoms with van der Waals surface area (Å²) in [6, 6.07) is 0. The van der Waals surface area contributed by atoms with Gasteiger partial charge in [-0.15, -0.1) is 0 Å². The first-order valence-electron chi connectivity index (χ1n) is 5.63. The Hall–Kier alpha value is 0.400. The van der Waals surface area contributed by atoms with E-state index in [0.29, 0.717) is 0 Å². The van der Waals surface area contributed by atoms with Gasteiger partial charge in [0.05, 0.1) is 6.61 Å². The number of unbranched alkanes of at least 4 members (excludes halogenated alkanes) is 2. The zero-order valence-corrected chi connectivity index (χ0v) is 11.2. The van der Waals surface area contributed by atoms with Crippen LogP contribution >= 0.6 is 15.9 Å². The smallest absolute Gasteiger partial charge is 0.0593 e. The van der Waals surface area contributed by atoms with Crippen molar-refractivity contribution in [2.75, 3.05) is 38.7 Å². The molecule has 0 radical (unpaired) electrons. The van der Waals surface area contributed by atoms with Crippen molar-refractivity contribution in [3.63, 3.8) is 0 Å². The predicted octanol–water partition coefficient (Wildman–Crippen LogP) is 2.91. The molecule has 0 spiro atoms. The molecule has 86 valence electrons. The van der Waals surface area contributed by atoms with Crippen molar-refractivity contribution < 1.29 is 4.74 Å². The van der Waals surface area contributed by atoms with Crippen molar-refractivity contribution in [2.24, 2.45) is 0 Å². The minimum absolute atomic E-state index is 0.878. The van der Waals surface area contributed by atoms with Crippen molar-refractivity contribution in [3.8, 4) is 0 Å². The maximum absolute atomic E-state index is 5.43. The Kier molecular flexibility index (Phi) is 11.8. The molecular weight excluding hydrogens is 242 g/mol. The van der Waals surface area contributed by atoms with Gasteiger partial charge in [0.15, 0.2) is 0 Å². The van der Waals surface area contributed by atoms with Gasteiger partial charge in [-0.25, -0.2) is 0 Å². The van der Waals surface area contributed by atoms with Gasteiger partial charge in [0.1, 0.15) is 0 Å². The molecule has 14 heavy (non-hydrogen) atoms. The van der Waals surface area contributed by atoms with Crippen molar-refractivity contribution in [1.82, 2.24) is 4.90 Å². The van der Waals surface area contributed by atoms with Crippen LogP contribution in [-0.2, 0) is 4.74 Å². The average molecular weight is 266 g/mol. The number of nitrogens with zero attached hydrogens (tertiary/aromatic N) is 1. The van der Waals surface area contributed by atoms with E-state index >= 15 is 0 Å². The molecule has 0 rings (SSSR count). The Bertz CT molecular complexity index is 99.5. The van der Waals surface area contributed by atoms with Gasteiger partial charge >= 0.3 is 0 Å². The second-order valence-electron chi connectivity index (χ2n) is 3.67. The maximum Gasteiger partial charge on any atom is 0.0593 e. The van der Waals surface area contributed by atoms with E-state index in [-0.39, 0.29) is 0 Å². The average Bonchev–Trinajstić information content (AvgIpc) is 2.19. The molecular formula is C11H24BrNO. The summed E-state index contributed by atoms with van der Waals surface area (Å²) in [6.45, 7) is 6.18. The highest BCUT2D eigenvalue weighted by Crippen LogP contribution is 1.99. The molecule has 0 fully saturated rings. The molecule has 0 heterocycles. The SMILES string of the molecule is CCCOCCN(C)CCCCCBr. The van der Waals surface area contributed by atoms with Crippen molar-refractivity contribution >= 4 is 15.9 Å². The summed E-state index contributed by atoms with van der Waals surface area (Å²) in [5, 5.41) is 1.14. The summed E-state index contributed by atoms with van der Waals surface area (Å²) in [5.74, 6) is 0. The van der Waals surface area contributed by atoms with E-state index < -0.39 is 0 Å². The molecule has 0 aliphatic rings. The lowest BCUT2D eigenvalue weighted by Crippen LogP contribution is -2.24. The third-order valence-electron chi connectivity index (χ3n) is 2.14. The number of hydrogen-bond acceptors (Lipinski definition) is 2. The minimum atomic E-state index is 0.878. The van der Waals surface area contributed by atoms with E-state index in [4.69, 9.17) is 4.74 Å². The largest absolute Gasteiger partial charge is 0.380 e. The third kappa shape index (κ3) is 10.5. The Morgan fingerprint density at radius 2 is 1.86 bits per heavy atom. The number of hydrogen-bond donors (Lipinski definition) is 0. The van der Waals surface area contributed by atoms with Gasteiger partial charge in [0.2, 0.25) is 0 Å². The van der Waals surface area contributed by atoms with Crippen LogP contribution in [0.3, 0.4) is 0 Å². The summed E-state index contributed by atoms with van der Waals surface area (Å²) in [6.07, 6.45) is 5.04. The highest BCUT2D eigenvalue weighted by molar-refractivity contribution is 9.09. The number of ether oxygens (including phenoxy) is 1. The third-order valence-corrected chi connectivity index (χ3v) is 2.70. The predicted molar refractivity (Wildman–Crippen MR) is 66.3 cm³/mol. The van der Waals surface area contributed by atoms with Crippen molar-refractivity contribution in [3.05, 3.63) is 0 Å². The molecule has 0 N–H and O–H groups in total. The maximum atomic E-state index is 5.43. The number of rotatable bonds is 10. The summed E-state index contributed by atoms with van der Waals surface area (Å²) in [4.78, 5) is 2.35. The molecule has 0 aromatic rings. The Balaban J connectivity index is 3.07. The molecule has 0 bridgehead atoms. The summed E-state index contributed by atoms with van der Waals surface area (Å²) in [7, 11) is 2.17. The quantitative estimate of drug-likeness (QED) is 0.445. The van der Waals surface area contributed by atoms with Crippen molar-refractivity contribution in [1.29, 1.82) is 0 Å². The number of halogens is 1. The molecule has 0 unspecified atom stereocenters. The van der Waals surface area contributed by atoms with E-state index in [1.807, 2.05) is 0 Å². The van der Waals surface area contributed by atoms with Crippen LogP contribution in [0.2, 0.25) is 0 Å². The van der Waals surface area contributed by atoms with Gasteiger partial charge in [-0.05, 0) is 32.9 Å². The second kappa shape index (κ2) is 11.5. The normalized spacial score (nSPS) is 11.1. The van der Waals surface area contributed by atoms with Crippen LogP contribution in [0.4, 0.5) is 0 Å². The minimum Gasteiger partial charge on any atom is -0.380 e. The Morgan fingerprint density at radius 3 is 2.50 bits per heavy atom. The molecule has 3 heteroatoms.